The highest BCUT2D eigenvalue weighted by atomic mass is 16.6. The number of rotatable bonds is 6. The first kappa shape index (κ1) is 22.1. The van der Waals surface area contributed by atoms with Crippen molar-refractivity contribution in [2.75, 3.05) is 27.4 Å². The molecule has 2 fully saturated rings. The molecule has 0 aromatic heterocycles. The van der Waals surface area contributed by atoms with E-state index in [1.807, 2.05) is 24.3 Å². The molecule has 170 valence electrons. The van der Waals surface area contributed by atoms with E-state index in [1.165, 1.54) is 28.1 Å². The van der Waals surface area contributed by atoms with E-state index in [9.17, 15) is 9.59 Å². The van der Waals surface area contributed by atoms with E-state index in [4.69, 9.17) is 28.4 Å². The Morgan fingerprint density at radius 1 is 0.719 bits per heavy atom. The molecule has 32 heavy (non-hydrogen) atoms. The first-order valence-electron chi connectivity index (χ1n) is 10.4. The van der Waals surface area contributed by atoms with Gasteiger partial charge in [0.1, 0.15) is 0 Å². The molecule has 4 atom stereocenters. The smallest absolute Gasteiger partial charge is 0.308 e. The summed E-state index contributed by atoms with van der Waals surface area (Å²) in [5, 5.41) is 0. The Labute approximate surface area is 186 Å². The van der Waals surface area contributed by atoms with Gasteiger partial charge in [0.25, 0.3) is 0 Å². The molecule has 4 rings (SSSR count). The molecule has 2 aromatic rings. The number of esters is 2. The van der Waals surface area contributed by atoms with Crippen molar-refractivity contribution in [2.45, 2.75) is 26.1 Å². The summed E-state index contributed by atoms with van der Waals surface area (Å²) in [5.74, 6) is 1.20. The van der Waals surface area contributed by atoms with Gasteiger partial charge in [-0.15, -0.1) is 0 Å². The van der Waals surface area contributed by atoms with Crippen LogP contribution in [0.15, 0.2) is 36.4 Å². The second-order valence-electron chi connectivity index (χ2n) is 7.84. The predicted octanol–water partition coefficient (Wildman–Crippen LogP) is 3.63. The molecular weight excluding hydrogens is 416 g/mol. The summed E-state index contributed by atoms with van der Waals surface area (Å²) in [7, 11) is 3.07. The van der Waals surface area contributed by atoms with Crippen LogP contribution in [-0.4, -0.2) is 39.4 Å². The molecule has 2 saturated heterocycles. The van der Waals surface area contributed by atoms with Crippen LogP contribution in [0.5, 0.6) is 23.0 Å². The zero-order valence-electron chi connectivity index (χ0n) is 18.5. The fourth-order valence-electron chi connectivity index (χ4n) is 4.44. The van der Waals surface area contributed by atoms with Crippen LogP contribution in [0.2, 0.25) is 0 Å². The van der Waals surface area contributed by atoms with E-state index in [2.05, 4.69) is 0 Å². The lowest BCUT2D eigenvalue weighted by atomic mass is 9.85. The first-order valence-corrected chi connectivity index (χ1v) is 10.4. The molecule has 0 saturated carbocycles. The van der Waals surface area contributed by atoms with Gasteiger partial charge in [-0.2, -0.15) is 0 Å². The van der Waals surface area contributed by atoms with E-state index >= 15 is 0 Å². The highest BCUT2D eigenvalue weighted by Crippen LogP contribution is 2.51. The van der Waals surface area contributed by atoms with Crippen LogP contribution in [-0.2, 0) is 19.1 Å². The van der Waals surface area contributed by atoms with Crippen LogP contribution >= 0.6 is 0 Å². The molecule has 0 bridgehead atoms. The van der Waals surface area contributed by atoms with Gasteiger partial charge in [-0.05, 0) is 35.4 Å². The van der Waals surface area contributed by atoms with Crippen molar-refractivity contribution in [3.8, 4) is 23.0 Å². The molecule has 0 radical (unpaired) electrons. The van der Waals surface area contributed by atoms with Gasteiger partial charge in [-0.3, -0.25) is 9.59 Å². The zero-order chi connectivity index (χ0) is 22.8. The Balaban J connectivity index is 1.54. The minimum absolute atomic E-state index is 0.156. The van der Waals surface area contributed by atoms with E-state index < -0.39 is 11.9 Å². The van der Waals surface area contributed by atoms with Crippen LogP contribution in [0.1, 0.15) is 37.2 Å². The SMILES string of the molecule is COc1cc([C@@H]2OC[C@@H]3[C@H]2CO[C@H]3c2ccc(OC(C)=O)c(OC)c2)ccc1OC(C)=O. The maximum Gasteiger partial charge on any atom is 0.308 e. The van der Waals surface area contributed by atoms with Crippen molar-refractivity contribution in [1.29, 1.82) is 0 Å². The summed E-state index contributed by atoms with van der Waals surface area (Å²) >= 11 is 0. The monoisotopic (exact) mass is 442 g/mol. The Morgan fingerprint density at radius 3 is 1.47 bits per heavy atom. The predicted molar refractivity (Wildman–Crippen MR) is 113 cm³/mol. The van der Waals surface area contributed by atoms with Gasteiger partial charge in [-0.25, -0.2) is 0 Å². The van der Waals surface area contributed by atoms with Crippen molar-refractivity contribution in [3.63, 3.8) is 0 Å². The van der Waals surface area contributed by atoms with Crippen LogP contribution in [0.3, 0.4) is 0 Å². The number of benzene rings is 2. The lowest BCUT2D eigenvalue weighted by Crippen LogP contribution is -2.15. The lowest BCUT2D eigenvalue weighted by molar-refractivity contribution is -0.132. The summed E-state index contributed by atoms with van der Waals surface area (Å²) in [6.45, 7) is 3.79. The van der Waals surface area contributed by atoms with Gasteiger partial charge in [0.2, 0.25) is 0 Å². The molecule has 2 aliphatic rings. The van der Waals surface area contributed by atoms with Crippen LogP contribution in [0.25, 0.3) is 0 Å². The van der Waals surface area contributed by atoms with E-state index in [0.29, 0.717) is 36.2 Å². The summed E-state index contributed by atoms with van der Waals surface area (Å²) in [4.78, 5) is 22.6. The molecule has 2 aliphatic heterocycles. The zero-order valence-corrected chi connectivity index (χ0v) is 18.5. The van der Waals surface area contributed by atoms with Gasteiger partial charge >= 0.3 is 11.9 Å². The number of fused-ring (bicyclic) bond motifs is 1. The third-order valence-corrected chi connectivity index (χ3v) is 5.80. The van der Waals surface area contributed by atoms with Crippen LogP contribution in [0, 0.1) is 11.8 Å². The van der Waals surface area contributed by atoms with Gasteiger partial charge < -0.3 is 28.4 Å². The summed E-state index contributed by atoms with van der Waals surface area (Å²) < 4.78 is 33.5. The maximum absolute atomic E-state index is 11.3. The van der Waals surface area contributed by atoms with Gasteiger partial charge in [0.15, 0.2) is 23.0 Å². The highest BCUT2D eigenvalue weighted by molar-refractivity contribution is 5.71. The van der Waals surface area contributed by atoms with Crippen molar-refractivity contribution in [1.82, 2.24) is 0 Å². The number of ether oxygens (including phenoxy) is 6. The second-order valence-corrected chi connectivity index (χ2v) is 7.84. The quantitative estimate of drug-likeness (QED) is 0.495. The van der Waals surface area contributed by atoms with E-state index in [0.717, 1.165) is 11.1 Å². The molecule has 0 N–H and O–H groups in total. The largest absolute Gasteiger partial charge is 0.493 e. The number of carbonyl (C=O) groups excluding carboxylic acids is 2. The fourth-order valence-corrected chi connectivity index (χ4v) is 4.44. The number of hydrogen-bond acceptors (Lipinski definition) is 8. The molecule has 2 aromatic carbocycles. The average Bonchev–Trinajstić information content (AvgIpc) is 3.36. The standard InChI is InChI=1S/C24H26O8/c1-13(25)31-19-7-5-15(9-21(19)27-3)23-17-11-30-24(18(17)12-29-23)16-6-8-20(32-14(2)26)22(10-16)28-4/h5-10,17-18,23-24H,11-12H2,1-4H3/t17-,18-,23+,24+/m1/s1. The van der Waals surface area contributed by atoms with Gasteiger partial charge in [-0.1, -0.05) is 12.1 Å². The topological polar surface area (TPSA) is 89.5 Å². The lowest BCUT2D eigenvalue weighted by Gasteiger charge is -2.18. The minimum atomic E-state index is -0.407. The van der Waals surface area contributed by atoms with E-state index in [-0.39, 0.29) is 24.0 Å². The van der Waals surface area contributed by atoms with Crippen molar-refractivity contribution < 1.29 is 38.0 Å². The third kappa shape index (κ3) is 4.28. The Morgan fingerprint density at radius 2 is 1.12 bits per heavy atom. The molecule has 0 amide bonds. The van der Waals surface area contributed by atoms with Crippen LogP contribution in [0.4, 0.5) is 0 Å². The second kappa shape index (κ2) is 9.18. The molecule has 0 unspecified atom stereocenters. The number of methoxy groups -OCH3 is 2. The summed E-state index contributed by atoms with van der Waals surface area (Å²) in [6, 6.07) is 10.9. The Bertz CT molecular complexity index is 936. The van der Waals surface area contributed by atoms with Crippen molar-refractivity contribution in [2.24, 2.45) is 11.8 Å². The molecular formula is C24H26O8. The molecule has 8 heteroatoms. The molecule has 2 heterocycles. The molecule has 0 spiro atoms. The summed E-state index contributed by atoms with van der Waals surface area (Å²) in [6.07, 6.45) is -0.319. The van der Waals surface area contributed by atoms with Crippen molar-refractivity contribution in [3.05, 3.63) is 47.5 Å². The Hall–Kier alpha value is -3.10. The molecule has 8 nitrogen and oxygen atoms in total. The van der Waals surface area contributed by atoms with Crippen LogP contribution < -0.4 is 18.9 Å². The fraction of sp³-hybridized carbons (Fsp3) is 0.417. The van der Waals surface area contributed by atoms with Gasteiger partial charge in [0, 0.05) is 25.7 Å². The van der Waals surface area contributed by atoms with E-state index in [1.54, 1.807) is 12.1 Å². The normalized spacial score (nSPS) is 24.0. The van der Waals surface area contributed by atoms with Crippen molar-refractivity contribution >= 4 is 11.9 Å². The van der Waals surface area contributed by atoms with Gasteiger partial charge in [0.05, 0.1) is 39.6 Å². The average molecular weight is 442 g/mol. The number of hydrogen-bond donors (Lipinski definition) is 0. The highest BCUT2D eigenvalue weighted by Gasteiger charge is 2.48. The molecule has 0 aliphatic carbocycles. The maximum atomic E-state index is 11.3. The number of carbonyl (C=O) groups is 2. The summed E-state index contributed by atoms with van der Waals surface area (Å²) in [5.41, 5.74) is 1.88. The first-order chi connectivity index (χ1) is 15.4. The Kier molecular flexibility index (Phi) is 6.34. The third-order valence-electron chi connectivity index (χ3n) is 5.80. The minimum Gasteiger partial charge on any atom is -0.493 e.